The number of nitrogens with zero attached hydrogens (tertiary/aromatic N) is 1. The molecule has 100 valence electrons. The van der Waals surface area contributed by atoms with Crippen molar-refractivity contribution in [1.82, 2.24) is 15.5 Å². The quantitative estimate of drug-likeness (QED) is 0.744. The number of amides is 1. The van der Waals surface area contributed by atoms with Gasteiger partial charge in [-0.1, -0.05) is 20.8 Å². The second kappa shape index (κ2) is 6.97. The highest BCUT2D eigenvalue weighted by Crippen LogP contribution is 2.15. The molecule has 1 amide bonds. The number of piperazine rings is 1. The molecule has 1 saturated heterocycles. The predicted molar refractivity (Wildman–Crippen MR) is 70.9 cm³/mol. The number of hydrogen-bond donors (Lipinski definition) is 2. The molecule has 2 unspecified atom stereocenters. The lowest BCUT2D eigenvalue weighted by atomic mass is 9.97. The summed E-state index contributed by atoms with van der Waals surface area (Å²) in [5, 5.41) is 6.05. The number of nitrogens with one attached hydrogen (secondary N) is 2. The Bertz CT molecular complexity index is 243. The second-order valence-corrected chi connectivity index (χ2v) is 5.56. The third kappa shape index (κ3) is 4.64. The number of carbonyl (C=O) groups is 1. The molecule has 1 aliphatic heterocycles. The van der Waals surface area contributed by atoms with Crippen LogP contribution in [-0.4, -0.2) is 50.1 Å². The van der Waals surface area contributed by atoms with E-state index in [-0.39, 0.29) is 11.9 Å². The van der Waals surface area contributed by atoms with Gasteiger partial charge in [0.2, 0.25) is 5.91 Å². The molecule has 0 aromatic rings. The average molecular weight is 241 g/mol. The van der Waals surface area contributed by atoms with Gasteiger partial charge < -0.3 is 10.6 Å². The van der Waals surface area contributed by atoms with Gasteiger partial charge in [-0.2, -0.15) is 0 Å². The fourth-order valence-electron chi connectivity index (χ4n) is 2.67. The van der Waals surface area contributed by atoms with Gasteiger partial charge in [0.15, 0.2) is 0 Å². The van der Waals surface area contributed by atoms with Crippen molar-refractivity contribution in [3.63, 3.8) is 0 Å². The van der Waals surface area contributed by atoms with Crippen molar-refractivity contribution in [2.45, 2.75) is 33.2 Å². The van der Waals surface area contributed by atoms with Gasteiger partial charge in [0.25, 0.3) is 0 Å². The number of likely N-dealkylation sites (N-methyl/N-ethyl adjacent to an activating group) is 1. The maximum absolute atomic E-state index is 11.8. The molecule has 0 aromatic carbocycles. The van der Waals surface area contributed by atoms with E-state index in [0.29, 0.717) is 5.92 Å². The first-order chi connectivity index (χ1) is 8.04. The lowest BCUT2D eigenvalue weighted by Crippen LogP contribution is -2.58. The minimum atomic E-state index is 0.00311. The van der Waals surface area contributed by atoms with Crippen molar-refractivity contribution in [3.8, 4) is 0 Å². The number of rotatable bonds is 5. The molecule has 2 N–H and O–H groups in total. The number of hydrogen-bond acceptors (Lipinski definition) is 3. The van der Waals surface area contributed by atoms with Crippen LogP contribution in [0.1, 0.15) is 27.2 Å². The summed E-state index contributed by atoms with van der Waals surface area (Å²) in [7, 11) is 1.71. The predicted octanol–water partition coefficient (Wildman–Crippen LogP) is 0.688. The Morgan fingerprint density at radius 3 is 2.76 bits per heavy atom. The van der Waals surface area contributed by atoms with E-state index in [2.05, 4.69) is 36.3 Å². The van der Waals surface area contributed by atoms with Crippen LogP contribution < -0.4 is 10.6 Å². The molecule has 1 heterocycles. The zero-order valence-corrected chi connectivity index (χ0v) is 11.6. The lowest BCUT2D eigenvalue weighted by Gasteiger charge is -2.36. The zero-order valence-electron chi connectivity index (χ0n) is 11.6. The van der Waals surface area contributed by atoms with E-state index < -0.39 is 0 Å². The maximum atomic E-state index is 11.8. The molecule has 17 heavy (non-hydrogen) atoms. The Morgan fingerprint density at radius 1 is 1.47 bits per heavy atom. The first-order valence-corrected chi connectivity index (χ1v) is 6.71. The fraction of sp³-hybridized carbons (Fsp3) is 0.923. The van der Waals surface area contributed by atoms with Crippen LogP contribution in [0, 0.1) is 11.8 Å². The summed E-state index contributed by atoms with van der Waals surface area (Å²) in [6.45, 7) is 10.5. The summed E-state index contributed by atoms with van der Waals surface area (Å²) in [4.78, 5) is 14.1. The Labute approximate surface area is 105 Å². The van der Waals surface area contributed by atoms with Crippen LogP contribution in [0.2, 0.25) is 0 Å². The third-order valence-corrected chi connectivity index (χ3v) is 3.32. The molecule has 1 rings (SSSR count). The summed E-state index contributed by atoms with van der Waals surface area (Å²) >= 11 is 0. The van der Waals surface area contributed by atoms with Gasteiger partial charge >= 0.3 is 0 Å². The van der Waals surface area contributed by atoms with Crippen molar-refractivity contribution in [2.24, 2.45) is 11.8 Å². The molecule has 0 saturated carbocycles. The van der Waals surface area contributed by atoms with Gasteiger partial charge in [-0.15, -0.1) is 0 Å². The largest absolute Gasteiger partial charge is 0.358 e. The molecule has 1 fully saturated rings. The molecule has 0 radical (unpaired) electrons. The minimum Gasteiger partial charge on any atom is -0.358 e. The van der Waals surface area contributed by atoms with Gasteiger partial charge in [-0.25, -0.2) is 0 Å². The van der Waals surface area contributed by atoms with Crippen LogP contribution in [0.5, 0.6) is 0 Å². The molecule has 0 aromatic heterocycles. The Kier molecular flexibility index (Phi) is 5.92. The molecule has 0 aliphatic carbocycles. The highest BCUT2D eigenvalue weighted by Gasteiger charge is 2.28. The normalized spacial score (nSPS) is 23.7. The van der Waals surface area contributed by atoms with Crippen LogP contribution in [-0.2, 0) is 4.79 Å². The van der Waals surface area contributed by atoms with Crippen LogP contribution in [0.25, 0.3) is 0 Å². The highest BCUT2D eigenvalue weighted by atomic mass is 16.2. The van der Waals surface area contributed by atoms with E-state index in [1.165, 1.54) is 6.42 Å². The Hall–Kier alpha value is -0.610. The Morgan fingerprint density at radius 2 is 2.18 bits per heavy atom. The van der Waals surface area contributed by atoms with Crippen molar-refractivity contribution >= 4 is 5.91 Å². The molecule has 0 bridgehead atoms. The molecule has 4 heteroatoms. The minimum absolute atomic E-state index is 0.00311. The van der Waals surface area contributed by atoms with Crippen molar-refractivity contribution in [1.29, 1.82) is 0 Å². The van der Waals surface area contributed by atoms with Gasteiger partial charge in [0.1, 0.15) is 6.04 Å². The third-order valence-electron chi connectivity index (χ3n) is 3.32. The maximum Gasteiger partial charge on any atom is 0.238 e. The van der Waals surface area contributed by atoms with E-state index in [0.717, 1.165) is 32.1 Å². The molecular weight excluding hydrogens is 214 g/mol. The van der Waals surface area contributed by atoms with Crippen molar-refractivity contribution < 1.29 is 4.79 Å². The van der Waals surface area contributed by atoms with Gasteiger partial charge in [-0.3, -0.25) is 9.69 Å². The smallest absolute Gasteiger partial charge is 0.238 e. The van der Waals surface area contributed by atoms with Gasteiger partial charge in [0.05, 0.1) is 0 Å². The summed E-state index contributed by atoms with van der Waals surface area (Å²) in [6, 6.07) is 0.00311. The molecular formula is C13H27N3O. The van der Waals surface area contributed by atoms with E-state index in [9.17, 15) is 4.79 Å². The van der Waals surface area contributed by atoms with Crippen LogP contribution in [0.3, 0.4) is 0 Å². The van der Waals surface area contributed by atoms with Crippen molar-refractivity contribution in [3.05, 3.63) is 0 Å². The first-order valence-electron chi connectivity index (χ1n) is 6.71. The molecule has 2 atom stereocenters. The van der Waals surface area contributed by atoms with Gasteiger partial charge in [-0.05, 0) is 18.3 Å². The van der Waals surface area contributed by atoms with E-state index >= 15 is 0 Å². The molecule has 4 nitrogen and oxygen atoms in total. The molecule has 1 aliphatic rings. The average Bonchev–Trinajstić information content (AvgIpc) is 2.27. The summed E-state index contributed by atoms with van der Waals surface area (Å²) in [6.07, 6.45) is 1.23. The standard InChI is InChI=1S/C13H27N3O/c1-10(2)7-11(3)9-16-6-5-15-8-12(16)13(17)14-4/h10-12,15H,5-9H2,1-4H3,(H,14,17). The second-order valence-electron chi connectivity index (χ2n) is 5.56. The van der Waals surface area contributed by atoms with Gasteiger partial charge in [0, 0.05) is 33.2 Å². The molecule has 0 spiro atoms. The van der Waals surface area contributed by atoms with Crippen LogP contribution in [0.15, 0.2) is 0 Å². The van der Waals surface area contributed by atoms with Crippen molar-refractivity contribution in [2.75, 3.05) is 33.2 Å². The SMILES string of the molecule is CNC(=O)C1CNCCN1CC(C)CC(C)C. The number of carbonyl (C=O) groups excluding carboxylic acids is 1. The van der Waals surface area contributed by atoms with Crippen LogP contribution in [0.4, 0.5) is 0 Å². The Balaban J connectivity index is 2.50. The lowest BCUT2D eigenvalue weighted by molar-refractivity contribution is -0.126. The fourth-order valence-corrected chi connectivity index (χ4v) is 2.67. The summed E-state index contributed by atoms with van der Waals surface area (Å²) in [5.41, 5.74) is 0. The topological polar surface area (TPSA) is 44.4 Å². The summed E-state index contributed by atoms with van der Waals surface area (Å²) in [5.74, 6) is 1.51. The van der Waals surface area contributed by atoms with E-state index in [1.807, 2.05) is 0 Å². The van der Waals surface area contributed by atoms with Crippen LogP contribution >= 0.6 is 0 Å². The highest BCUT2D eigenvalue weighted by molar-refractivity contribution is 5.81. The summed E-state index contributed by atoms with van der Waals surface area (Å²) < 4.78 is 0. The monoisotopic (exact) mass is 241 g/mol. The van der Waals surface area contributed by atoms with E-state index in [1.54, 1.807) is 7.05 Å². The van der Waals surface area contributed by atoms with E-state index in [4.69, 9.17) is 0 Å². The zero-order chi connectivity index (χ0) is 12.8. The first kappa shape index (κ1) is 14.5.